The lowest BCUT2D eigenvalue weighted by atomic mass is 9.90. The third-order valence-electron chi connectivity index (χ3n) is 7.27. The van der Waals surface area contributed by atoms with E-state index < -0.39 is 48.4 Å². The van der Waals surface area contributed by atoms with Crippen molar-refractivity contribution in [3.05, 3.63) is 87.5 Å². The van der Waals surface area contributed by atoms with Gasteiger partial charge in [0, 0.05) is 33.5 Å². The van der Waals surface area contributed by atoms with Crippen LogP contribution < -0.4 is 20.9 Å². The molecule has 0 atom stereocenters. The van der Waals surface area contributed by atoms with Crippen LogP contribution in [0.4, 0.5) is 10.5 Å². The summed E-state index contributed by atoms with van der Waals surface area (Å²) < 4.78 is 50.0. The number of carbonyl (C=O) groups is 6. The average molecular weight is 729 g/mol. The zero-order valence-corrected chi connectivity index (χ0v) is 30.5. The number of rotatable bonds is 11. The monoisotopic (exact) mass is 728 g/mol. The third kappa shape index (κ3) is 10.7. The molecule has 0 saturated carbocycles. The van der Waals surface area contributed by atoms with E-state index in [9.17, 15) is 45.6 Å². The van der Waals surface area contributed by atoms with Gasteiger partial charge in [0.1, 0.15) is 0 Å². The van der Waals surface area contributed by atoms with Gasteiger partial charge in [-0.1, -0.05) is 27.7 Å². The Labute approximate surface area is 291 Å². The summed E-state index contributed by atoms with van der Waals surface area (Å²) in [4.78, 5) is 69.8. The van der Waals surface area contributed by atoms with Crippen molar-refractivity contribution in [1.29, 1.82) is 0 Å². The molecule has 0 aliphatic heterocycles. The van der Waals surface area contributed by atoms with Gasteiger partial charge in [-0.25, -0.2) is 31.5 Å². The van der Waals surface area contributed by atoms with Crippen molar-refractivity contribution < 1.29 is 45.6 Å². The number of anilines is 1. The van der Waals surface area contributed by atoms with Crippen molar-refractivity contribution in [2.24, 2.45) is 10.9 Å². The molecule has 3 rings (SSSR count). The highest BCUT2D eigenvalue weighted by atomic mass is 32.2. The number of urea groups is 1. The molecule has 6 N–H and O–H groups in total. The summed E-state index contributed by atoms with van der Waals surface area (Å²) in [6, 6.07) is 9.27. The maximum Gasteiger partial charge on any atom is 0.333 e. The maximum atomic E-state index is 12.9. The molecule has 14 nitrogen and oxygen atoms in total. The zero-order valence-electron chi connectivity index (χ0n) is 28.8. The summed E-state index contributed by atoms with van der Waals surface area (Å²) in [5.74, 6) is -2.36. The Hall–Kier alpha value is -5.06. The lowest BCUT2D eigenvalue weighted by Crippen LogP contribution is -2.35. The summed E-state index contributed by atoms with van der Waals surface area (Å²) in [5, 5.41) is 7.54. The topological polar surface area (TPSA) is 247 Å². The van der Waals surface area contributed by atoms with Crippen molar-refractivity contribution in [2.75, 3.05) is 5.32 Å². The van der Waals surface area contributed by atoms with Crippen LogP contribution in [0.15, 0.2) is 58.3 Å². The van der Waals surface area contributed by atoms with Crippen LogP contribution in [0.3, 0.4) is 0 Å². The van der Waals surface area contributed by atoms with Gasteiger partial charge < -0.3 is 11.1 Å². The van der Waals surface area contributed by atoms with Gasteiger partial charge in [-0.15, -0.1) is 0 Å². The Kier molecular flexibility index (Phi) is 13.2. The Morgan fingerprint density at radius 2 is 0.900 bits per heavy atom. The Morgan fingerprint density at radius 3 is 1.18 bits per heavy atom. The fourth-order valence-corrected chi connectivity index (χ4v) is 6.10. The second-order valence-electron chi connectivity index (χ2n) is 12.0. The Morgan fingerprint density at radius 1 is 0.560 bits per heavy atom. The van der Waals surface area contributed by atoms with Crippen LogP contribution in [0.2, 0.25) is 0 Å². The second kappa shape index (κ2) is 16.1. The van der Waals surface area contributed by atoms with Crippen LogP contribution in [0.25, 0.3) is 0 Å². The molecule has 0 bridgehead atoms. The van der Waals surface area contributed by atoms with E-state index in [0.717, 1.165) is 24.3 Å². The van der Waals surface area contributed by atoms with E-state index in [1.807, 2.05) is 32.4 Å². The molecular weight excluding hydrogens is 689 g/mol. The molecule has 0 unspecified atom stereocenters. The van der Waals surface area contributed by atoms with Crippen molar-refractivity contribution in [3.63, 3.8) is 0 Å². The number of benzene rings is 3. The van der Waals surface area contributed by atoms with E-state index in [-0.39, 0.29) is 56.1 Å². The Balaban J connectivity index is 0.000000452. The minimum Gasteiger partial charge on any atom is -0.366 e. The first-order valence-electron chi connectivity index (χ1n) is 15.0. The molecule has 0 aromatic heterocycles. The number of hydrogen-bond acceptors (Lipinski definition) is 10. The predicted molar refractivity (Wildman–Crippen MR) is 187 cm³/mol. The summed E-state index contributed by atoms with van der Waals surface area (Å²) in [7, 11) is -8.34. The normalized spacial score (nSPS) is 11.3. The molecule has 3 amide bonds. The maximum absolute atomic E-state index is 12.9. The highest BCUT2D eigenvalue weighted by molar-refractivity contribution is 7.90. The van der Waals surface area contributed by atoms with Gasteiger partial charge in [0.25, 0.3) is 10.0 Å². The lowest BCUT2D eigenvalue weighted by Gasteiger charge is -2.21. The van der Waals surface area contributed by atoms with Gasteiger partial charge in [0.15, 0.2) is 23.1 Å². The van der Waals surface area contributed by atoms with Crippen LogP contribution in [-0.4, -0.2) is 51.9 Å². The minimum absolute atomic E-state index is 0.0275. The molecular formula is C34H40N4O10S2. The summed E-state index contributed by atoms with van der Waals surface area (Å²) >= 11 is 0. The van der Waals surface area contributed by atoms with Gasteiger partial charge in [-0.2, -0.15) is 0 Å². The molecule has 0 aliphatic rings. The molecule has 3 aromatic carbocycles. The predicted octanol–water partition coefficient (Wildman–Crippen LogP) is 4.69. The van der Waals surface area contributed by atoms with Gasteiger partial charge in [-0.3, -0.25) is 24.0 Å². The number of nitrogens with one attached hydrogen (secondary N) is 2. The van der Waals surface area contributed by atoms with Crippen molar-refractivity contribution in [3.8, 4) is 0 Å². The number of sulfonamides is 2. The molecule has 0 fully saturated rings. The van der Waals surface area contributed by atoms with Crippen LogP contribution >= 0.6 is 0 Å². The summed E-state index contributed by atoms with van der Waals surface area (Å²) in [5.41, 5.74) is 7.70. The van der Waals surface area contributed by atoms with E-state index >= 15 is 0 Å². The van der Waals surface area contributed by atoms with E-state index in [1.165, 1.54) is 39.8 Å². The van der Waals surface area contributed by atoms with Crippen LogP contribution in [0.1, 0.15) is 130 Å². The molecule has 0 radical (unpaired) electrons. The number of ketones is 4. The highest BCUT2D eigenvalue weighted by Gasteiger charge is 2.24. The molecule has 50 heavy (non-hydrogen) atoms. The number of nitrogens with two attached hydrogens (primary N) is 2. The van der Waals surface area contributed by atoms with Crippen molar-refractivity contribution >= 4 is 60.8 Å². The lowest BCUT2D eigenvalue weighted by molar-refractivity contribution is 0.0992. The van der Waals surface area contributed by atoms with Gasteiger partial charge in [0.05, 0.1) is 9.79 Å². The van der Waals surface area contributed by atoms with Crippen molar-refractivity contribution in [1.82, 2.24) is 4.72 Å². The average Bonchev–Trinajstić information content (AvgIpc) is 2.99. The van der Waals surface area contributed by atoms with Gasteiger partial charge in [0.2, 0.25) is 15.9 Å². The molecule has 268 valence electrons. The number of Topliss-reactive ketones (excluding diaryl/α,β-unsaturated/α-hetero) is 4. The molecule has 0 aliphatic carbocycles. The molecule has 0 heterocycles. The smallest absolute Gasteiger partial charge is 0.333 e. The standard InChI is InChI=1S/C24H29N3O6S.C10H11NO4S/c1-12(2)20-10-18(23(25)30)11-21(13(3)4)22(20)26-24(31)27-34(32,33)19-8-16(14(5)28)7-17(9-19)15(6)29;1-6(12)8-3-9(7(2)13)5-10(4-8)16(11,14)15/h7-13H,1-6H3,(H2,25,30)(H2,26,27,31);3-5H,1-2H3,(H2,11,14,15). The number of primary sulfonamides is 1. The fourth-order valence-electron chi connectivity index (χ4n) is 4.54. The summed E-state index contributed by atoms with van der Waals surface area (Å²) in [6.07, 6.45) is 0. The number of carbonyl (C=O) groups excluding carboxylic acids is 6. The van der Waals surface area contributed by atoms with Gasteiger partial charge in [-0.05, 0) is 99.2 Å². The molecule has 0 spiro atoms. The fraction of sp³-hybridized carbons (Fsp3) is 0.294. The molecule has 16 heteroatoms. The van der Waals surface area contributed by atoms with E-state index in [0.29, 0.717) is 16.8 Å². The molecule has 0 saturated heterocycles. The SMILES string of the molecule is CC(=O)c1cc(C(C)=O)cc(S(=O)(=O)NC(=O)Nc2c(C(C)C)cc(C(N)=O)cc2C(C)C)c1.CC(=O)c1cc(C(C)=O)cc(S(N)(=O)=O)c1. The first-order chi connectivity index (χ1) is 22.8. The van der Waals surface area contributed by atoms with E-state index in [2.05, 4.69) is 5.32 Å². The van der Waals surface area contributed by atoms with Crippen LogP contribution in [0, 0.1) is 0 Å². The third-order valence-corrected chi connectivity index (χ3v) is 9.47. The van der Waals surface area contributed by atoms with E-state index in [1.54, 1.807) is 12.1 Å². The highest BCUT2D eigenvalue weighted by Crippen LogP contribution is 2.34. The number of hydrogen-bond donors (Lipinski definition) is 4. The number of primary amides is 1. The van der Waals surface area contributed by atoms with E-state index in [4.69, 9.17) is 10.9 Å². The largest absolute Gasteiger partial charge is 0.366 e. The second-order valence-corrected chi connectivity index (χ2v) is 15.3. The number of amides is 3. The van der Waals surface area contributed by atoms with Gasteiger partial charge >= 0.3 is 6.03 Å². The minimum atomic E-state index is -4.42. The Bertz CT molecular complexity index is 2030. The first-order valence-corrected chi connectivity index (χ1v) is 18.1. The quantitative estimate of drug-likeness (QED) is 0.198. The zero-order chi connectivity index (χ0) is 38.5. The summed E-state index contributed by atoms with van der Waals surface area (Å²) in [6.45, 7) is 12.5. The van der Waals surface area contributed by atoms with Crippen LogP contribution in [-0.2, 0) is 20.0 Å². The van der Waals surface area contributed by atoms with Crippen LogP contribution in [0.5, 0.6) is 0 Å². The first kappa shape index (κ1) is 41.1. The van der Waals surface area contributed by atoms with Crippen molar-refractivity contribution in [2.45, 2.75) is 77.0 Å². The molecule has 3 aromatic rings.